The SMILES string of the molecule is COc1cccc(-n2c(=O)[nH]cc(C(=O)Nc3cc(OC)ccc3OC)c2=O)c1. The number of nitrogens with zero attached hydrogens (tertiary/aromatic N) is 1. The first-order valence-corrected chi connectivity index (χ1v) is 8.51. The quantitative estimate of drug-likeness (QED) is 0.656. The van der Waals surface area contributed by atoms with Crippen molar-refractivity contribution in [3.8, 4) is 22.9 Å². The molecule has 1 amide bonds. The third-order valence-corrected chi connectivity index (χ3v) is 4.19. The lowest BCUT2D eigenvalue weighted by Gasteiger charge is -2.12. The summed E-state index contributed by atoms with van der Waals surface area (Å²) in [4.78, 5) is 40.3. The van der Waals surface area contributed by atoms with E-state index >= 15 is 0 Å². The fraction of sp³-hybridized carbons (Fsp3) is 0.150. The van der Waals surface area contributed by atoms with E-state index < -0.39 is 17.2 Å². The van der Waals surface area contributed by atoms with E-state index in [4.69, 9.17) is 14.2 Å². The summed E-state index contributed by atoms with van der Waals surface area (Å²) in [6, 6.07) is 11.2. The number of benzene rings is 2. The zero-order chi connectivity index (χ0) is 21.0. The second kappa shape index (κ2) is 8.34. The Labute approximate surface area is 165 Å². The van der Waals surface area contributed by atoms with Gasteiger partial charge in [-0.05, 0) is 24.3 Å². The van der Waals surface area contributed by atoms with E-state index in [0.717, 1.165) is 10.8 Å². The number of carbonyl (C=O) groups is 1. The predicted octanol–water partition coefficient (Wildman–Crippen LogP) is 1.80. The van der Waals surface area contributed by atoms with Crippen molar-refractivity contribution in [2.75, 3.05) is 26.6 Å². The van der Waals surface area contributed by atoms with Crippen LogP contribution < -0.4 is 30.8 Å². The monoisotopic (exact) mass is 397 g/mol. The van der Waals surface area contributed by atoms with E-state index in [1.165, 1.54) is 27.4 Å². The smallest absolute Gasteiger partial charge is 0.333 e. The van der Waals surface area contributed by atoms with Crippen LogP contribution in [0, 0.1) is 0 Å². The van der Waals surface area contributed by atoms with Crippen LogP contribution in [0.25, 0.3) is 5.69 Å². The summed E-state index contributed by atoms with van der Waals surface area (Å²) in [6.07, 6.45) is 1.07. The number of ether oxygens (including phenoxy) is 3. The molecular weight excluding hydrogens is 378 g/mol. The normalized spacial score (nSPS) is 10.3. The number of hydrogen-bond donors (Lipinski definition) is 2. The first-order chi connectivity index (χ1) is 14.0. The van der Waals surface area contributed by atoms with Crippen LogP contribution in [0.3, 0.4) is 0 Å². The Morgan fingerprint density at radius 3 is 2.38 bits per heavy atom. The van der Waals surface area contributed by atoms with Crippen LogP contribution in [0.15, 0.2) is 58.3 Å². The van der Waals surface area contributed by atoms with Gasteiger partial charge in [0, 0.05) is 18.3 Å². The fourth-order valence-corrected chi connectivity index (χ4v) is 2.72. The Balaban J connectivity index is 2.03. The lowest BCUT2D eigenvalue weighted by molar-refractivity contribution is 0.102. The van der Waals surface area contributed by atoms with Gasteiger partial charge in [0.15, 0.2) is 0 Å². The van der Waals surface area contributed by atoms with Crippen molar-refractivity contribution < 1.29 is 19.0 Å². The number of methoxy groups -OCH3 is 3. The molecule has 0 unspecified atom stereocenters. The van der Waals surface area contributed by atoms with Gasteiger partial charge < -0.3 is 24.5 Å². The van der Waals surface area contributed by atoms with Gasteiger partial charge in [-0.15, -0.1) is 0 Å². The highest BCUT2D eigenvalue weighted by Gasteiger charge is 2.18. The van der Waals surface area contributed by atoms with Crippen molar-refractivity contribution in [2.24, 2.45) is 0 Å². The molecule has 2 N–H and O–H groups in total. The molecule has 0 aliphatic carbocycles. The lowest BCUT2D eigenvalue weighted by atomic mass is 10.2. The van der Waals surface area contributed by atoms with Crippen molar-refractivity contribution in [1.82, 2.24) is 9.55 Å². The van der Waals surface area contributed by atoms with Crippen molar-refractivity contribution in [3.63, 3.8) is 0 Å². The largest absolute Gasteiger partial charge is 0.497 e. The molecule has 1 heterocycles. The second-order valence-electron chi connectivity index (χ2n) is 5.87. The van der Waals surface area contributed by atoms with Crippen LogP contribution in [0.5, 0.6) is 17.2 Å². The Bertz CT molecular complexity index is 1170. The van der Waals surface area contributed by atoms with E-state index in [1.54, 1.807) is 36.4 Å². The second-order valence-corrected chi connectivity index (χ2v) is 5.87. The minimum atomic E-state index is -0.777. The summed E-state index contributed by atoms with van der Waals surface area (Å²) in [5.41, 5.74) is -1.13. The molecule has 0 aliphatic heterocycles. The van der Waals surface area contributed by atoms with Gasteiger partial charge in [-0.2, -0.15) is 0 Å². The topological polar surface area (TPSA) is 112 Å². The molecule has 0 atom stereocenters. The predicted molar refractivity (Wildman–Crippen MR) is 107 cm³/mol. The molecular formula is C20H19N3O6. The number of hydrogen-bond acceptors (Lipinski definition) is 6. The molecule has 9 nitrogen and oxygen atoms in total. The molecule has 3 aromatic rings. The third-order valence-electron chi connectivity index (χ3n) is 4.19. The molecule has 0 fully saturated rings. The Morgan fingerprint density at radius 2 is 1.69 bits per heavy atom. The summed E-state index contributed by atoms with van der Waals surface area (Å²) in [6.45, 7) is 0. The highest BCUT2D eigenvalue weighted by Crippen LogP contribution is 2.29. The molecule has 150 valence electrons. The van der Waals surface area contributed by atoms with E-state index in [2.05, 4.69) is 10.3 Å². The van der Waals surface area contributed by atoms with Crippen LogP contribution in [0.2, 0.25) is 0 Å². The number of amides is 1. The van der Waals surface area contributed by atoms with Gasteiger partial charge in [0.2, 0.25) is 0 Å². The Kier molecular flexibility index (Phi) is 5.68. The van der Waals surface area contributed by atoms with E-state index in [0.29, 0.717) is 22.9 Å². The molecule has 2 aromatic carbocycles. The van der Waals surface area contributed by atoms with Gasteiger partial charge >= 0.3 is 5.69 Å². The number of H-pyrrole nitrogens is 1. The van der Waals surface area contributed by atoms with Gasteiger partial charge in [0.25, 0.3) is 11.5 Å². The molecule has 1 aromatic heterocycles. The summed E-state index contributed by atoms with van der Waals surface area (Å²) in [5, 5.41) is 2.61. The number of anilines is 1. The van der Waals surface area contributed by atoms with Crippen LogP contribution in [-0.4, -0.2) is 36.8 Å². The van der Waals surface area contributed by atoms with Gasteiger partial charge in [0.05, 0.1) is 32.7 Å². The van der Waals surface area contributed by atoms with Gasteiger partial charge in [-0.25, -0.2) is 9.36 Å². The van der Waals surface area contributed by atoms with Crippen molar-refractivity contribution in [1.29, 1.82) is 0 Å². The maximum Gasteiger partial charge on any atom is 0.333 e. The van der Waals surface area contributed by atoms with Crippen molar-refractivity contribution in [3.05, 3.63) is 75.1 Å². The molecule has 9 heteroatoms. The minimum Gasteiger partial charge on any atom is -0.497 e. The molecule has 29 heavy (non-hydrogen) atoms. The molecule has 3 rings (SSSR count). The molecule has 0 saturated carbocycles. The zero-order valence-electron chi connectivity index (χ0n) is 16.0. The molecule has 0 saturated heterocycles. The summed E-state index contributed by atoms with van der Waals surface area (Å²) in [7, 11) is 4.41. The van der Waals surface area contributed by atoms with E-state index in [-0.39, 0.29) is 11.3 Å². The Morgan fingerprint density at radius 1 is 0.966 bits per heavy atom. The number of aromatic amines is 1. The number of nitrogens with one attached hydrogen (secondary N) is 2. The van der Waals surface area contributed by atoms with Crippen LogP contribution in [-0.2, 0) is 0 Å². The Hall–Kier alpha value is -4.01. The maximum atomic E-state index is 12.9. The first kappa shape index (κ1) is 19.7. The third kappa shape index (κ3) is 3.98. The number of rotatable bonds is 6. The summed E-state index contributed by atoms with van der Waals surface area (Å²) >= 11 is 0. The highest BCUT2D eigenvalue weighted by atomic mass is 16.5. The highest BCUT2D eigenvalue weighted by molar-refractivity contribution is 6.04. The average Bonchev–Trinajstić information content (AvgIpc) is 2.73. The molecule has 0 bridgehead atoms. The maximum absolute atomic E-state index is 12.9. The first-order valence-electron chi connectivity index (χ1n) is 8.51. The van der Waals surface area contributed by atoms with Gasteiger partial charge in [0.1, 0.15) is 22.8 Å². The number of carbonyl (C=O) groups excluding carboxylic acids is 1. The summed E-state index contributed by atoms with van der Waals surface area (Å²) in [5.74, 6) is 0.632. The lowest BCUT2D eigenvalue weighted by Crippen LogP contribution is -2.38. The van der Waals surface area contributed by atoms with Gasteiger partial charge in [-0.3, -0.25) is 9.59 Å². The fourth-order valence-electron chi connectivity index (χ4n) is 2.72. The molecule has 0 aliphatic rings. The average molecular weight is 397 g/mol. The minimum absolute atomic E-state index is 0.253. The number of aromatic nitrogens is 2. The van der Waals surface area contributed by atoms with Crippen LogP contribution in [0.1, 0.15) is 10.4 Å². The van der Waals surface area contributed by atoms with Gasteiger partial charge in [-0.1, -0.05) is 6.07 Å². The van der Waals surface area contributed by atoms with Crippen LogP contribution >= 0.6 is 0 Å². The van der Waals surface area contributed by atoms with Crippen molar-refractivity contribution in [2.45, 2.75) is 0 Å². The standard InChI is InChI=1S/C20H19N3O6/c1-27-13-6-4-5-12(9-13)23-19(25)15(11-21-20(23)26)18(24)22-16-10-14(28-2)7-8-17(16)29-3/h4-11H,1-3H3,(H,21,26)(H,22,24). The summed E-state index contributed by atoms with van der Waals surface area (Å²) < 4.78 is 16.4. The zero-order valence-corrected chi connectivity index (χ0v) is 16.0. The molecule has 0 radical (unpaired) electrons. The van der Waals surface area contributed by atoms with E-state index in [9.17, 15) is 14.4 Å². The van der Waals surface area contributed by atoms with Crippen molar-refractivity contribution >= 4 is 11.6 Å². The molecule has 0 spiro atoms. The van der Waals surface area contributed by atoms with E-state index in [1.807, 2.05) is 0 Å². The van der Waals surface area contributed by atoms with Crippen LogP contribution in [0.4, 0.5) is 5.69 Å².